The molecular weight excluding hydrogens is 466 g/mol. The summed E-state index contributed by atoms with van der Waals surface area (Å²) in [6, 6.07) is 19.5. The normalized spacial score (nSPS) is 15.6. The number of aryl methyl sites for hydroxylation is 1. The maximum atomic E-state index is 13.5. The van der Waals surface area contributed by atoms with Crippen LogP contribution in [-0.2, 0) is 0 Å². The van der Waals surface area contributed by atoms with Gasteiger partial charge in [0.05, 0.1) is 17.0 Å². The van der Waals surface area contributed by atoms with Gasteiger partial charge in [0.2, 0.25) is 5.76 Å². The molecule has 3 aromatic carbocycles. The maximum Gasteiger partial charge on any atom is 0.295 e. The second-order valence-electron chi connectivity index (χ2n) is 7.29. The Hall–Kier alpha value is -2.89. The van der Waals surface area contributed by atoms with Crippen LogP contribution in [0.15, 0.2) is 80.4 Å². The van der Waals surface area contributed by atoms with Crippen molar-refractivity contribution in [2.75, 3.05) is 4.90 Å². The Morgan fingerprint density at radius 1 is 1.00 bits per heavy atom. The molecule has 0 saturated heterocycles. The summed E-state index contributed by atoms with van der Waals surface area (Å²) in [4.78, 5) is 28.6. The number of rotatable bonds is 2. The van der Waals surface area contributed by atoms with Crippen molar-refractivity contribution in [3.8, 4) is 0 Å². The third kappa shape index (κ3) is 2.97. The Bertz CT molecular complexity index is 1400. The number of anilines is 1. The lowest BCUT2D eigenvalue weighted by Gasteiger charge is -2.25. The number of benzene rings is 3. The van der Waals surface area contributed by atoms with E-state index in [2.05, 4.69) is 15.9 Å². The fourth-order valence-electron chi connectivity index (χ4n) is 3.98. The summed E-state index contributed by atoms with van der Waals surface area (Å²) in [7, 11) is 0. The van der Waals surface area contributed by atoms with Crippen LogP contribution in [0.4, 0.5) is 5.69 Å². The minimum atomic E-state index is -0.605. The summed E-state index contributed by atoms with van der Waals surface area (Å²) in [5.41, 5.74) is 2.96. The first-order valence-corrected chi connectivity index (χ1v) is 10.5. The Kier molecular flexibility index (Phi) is 4.53. The Morgan fingerprint density at radius 2 is 1.80 bits per heavy atom. The van der Waals surface area contributed by atoms with Crippen molar-refractivity contribution in [2.45, 2.75) is 13.0 Å². The van der Waals surface area contributed by atoms with Gasteiger partial charge < -0.3 is 4.42 Å². The molecule has 0 spiro atoms. The van der Waals surface area contributed by atoms with Crippen LogP contribution in [0.1, 0.15) is 33.3 Å². The van der Waals surface area contributed by atoms with Crippen molar-refractivity contribution >= 4 is 50.1 Å². The van der Waals surface area contributed by atoms with E-state index in [0.717, 1.165) is 15.6 Å². The Labute approximate surface area is 185 Å². The smallest absolute Gasteiger partial charge is 0.295 e. The average Bonchev–Trinajstić information content (AvgIpc) is 3.01. The van der Waals surface area contributed by atoms with Gasteiger partial charge in [0.25, 0.3) is 5.91 Å². The van der Waals surface area contributed by atoms with Gasteiger partial charge in [-0.25, -0.2) is 0 Å². The van der Waals surface area contributed by atoms with Crippen molar-refractivity contribution in [3.63, 3.8) is 0 Å². The molecule has 0 aliphatic carbocycles. The van der Waals surface area contributed by atoms with E-state index < -0.39 is 6.04 Å². The third-order valence-corrected chi connectivity index (χ3v) is 6.00. The predicted molar refractivity (Wildman–Crippen MR) is 121 cm³/mol. The van der Waals surface area contributed by atoms with E-state index in [9.17, 15) is 9.59 Å². The number of carbonyl (C=O) groups excluding carboxylic acids is 1. The van der Waals surface area contributed by atoms with Crippen LogP contribution < -0.4 is 10.3 Å². The zero-order valence-corrected chi connectivity index (χ0v) is 18.2. The van der Waals surface area contributed by atoms with Crippen molar-refractivity contribution < 1.29 is 9.21 Å². The summed E-state index contributed by atoms with van der Waals surface area (Å²) in [5, 5.41) is 0.800. The van der Waals surface area contributed by atoms with Gasteiger partial charge in [-0.05, 0) is 60.5 Å². The van der Waals surface area contributed by atoms with Gasteiger partial charge in [-0.2, -0.15) is 0 Å². The number of fused-ring (bicyclic) bond motifs is 2. The van der Waals surface area contributed by atoms with Crippen molar-refractivity contribution in [3.05, 3.63) is 109 Å². The molecule has 0 N–H and O–H groups in total. The monoisotopic (exact) mass is 479 g/mol. The van der Waals surface area contributed by atoms with E-state index in [0.29, 0.717) is 27.2 Å². The number of hydrogen-bond donors (Lipinski definition) is 0. The number of carbonyl (C=O) groups is 1. The highest BCUT2D eigenvalue weighted by molar-refractivity contribution is 9.10. The molecule has 5 rings (SSSR count). The molecule has 0 saturated carbocycles. The lowest BCUT2D eigenvalue weighted by Crippen LogP contribution is -2.29. The SMILES string of the molecule is Cc1cccc(N2C(=O)c3oc4ccc(Cl)cc4c(=O)c3C2c2cccc(Br)c2)c1. The topological polar surface area (TPSA) is 50.5 Å². The Morgan fingerprint density at radius 3 is 2.57 bits per heavy atom. The first-order valence-electron chi connectivity index (χ1n) is 9.36. The van der Waals surface area contributed by atoms with Gasteiger partial charge in [-0.1, -0.05) is 51.8 Å². The quantitative estimate of drug-likeness (QED) is 0.340. The van der Waals surface area contributed by atoms with E-state index in [1.165, 1.54) is 0 Å². The summed E-state index contributed by atoms with van der Waals surface area (Å²) < 4.78 is 6.81. The molecule has 4 nitrogen and oxygen atoms in total. The molecule has 4 aromatic rings. The maximum absolute atomic E-state index is 13.5. The molecule has 148 valence electrons. The molecule has 1 atom stereocenters. The van der Waals surface area contributed by atoms with Crippen LogP contribution in [0.2, 0.25) is 5.02 Å². The second-order valence-corrected chi connectivity index (χ2v) is 8.64. The second kappa shape index (κ2) is 7.11. The van der Waals surface area contributed by atoms with Crippen LogP contribution in [0.25, 0.3) is 11.0 Å². The number of nitrogens with zero attached hydrogens (tertiary/aromatic N) is 1. The minimum absolute atomic E-state index is 0.0707. The lowest BCUT2D eigenvalue weighted by molar-refractivity contribution is 0.0971. The van der Waals surface area contributed by atoms with Gasteiger partial charge in [-0.3, -0.25) is 14.5 Å². The van der Waals surface area contributed by atoms with Crippen molar-refractivity contribution in [1.29, 1.82) is 0 Å². The number of hydrogen-bond acceptors (Lipinski definition) is 3. The van der Waals surface area contributed by atoms with Gasteiger partial charge in [0.1, 0.15) is 5.58 Å². The predicted octanol–water partition coefficient (Wildman–Crippen LogP) is 6.27. The zero-order chi connectivity index (χ0) is 21.0. The van der Waals surface area contributed by atoms with Crippen molar-refractivity contribution in [2.24, 2.45) is 0 Å². The van der Waals surface area contributed by atoms with E-state index >= 15 is 0 Å². The molecule has 0 fully saturated rings. The van der Waals surface area contributed by atoms with E-state index in [1.54, 1.807) is 23.1 Å². The summed E-state index contributed by atoms with van der Waals surface area (Å²) >= 11 is 9.62. The van der Waals surface area contributed by atoms with E-state index in [4.69, 9.17) is 16.0 Å². The zero-order valence-electron chi connectivity index (χ0n) is 15.9. The molecule has 1 aliphatic heterocycles. The number of amides is 1. The van der Waals surface area contributed by atoms with Crippen LogP contribution >= 0.6 is 27.5 Å². The van der Waals surface area contributed by atoms with Crippen LogP contribution in [0.3, 0.4) is 0 Å². The van der Waals surface area contributed by atoms with E-state index in [1.807, 2.05) is 55.5 Å². The van der Waals surface area contributed by atoms with Crippen molar-refractivity contribution in [1.82, 2.24) is 0 Å². The molecule has 0 bridgehead atoms. The highest BCUT2D eigenvalue weighted by Crippen LogP contribution is 2.42. The summed E-state index contributed by atoms with van der Waals surface area (Å²) in [5.74, 6) is -0.268. The van der Waals surface area contributed by atoms with Gasteiger partial charge in [0.15, 0.2) is 5.43 Å². The third-order valence-electron chi connectivity index (χ3n) is 5.28. The highest BCUT2D eigenvalue weighted by Gasteiger charge is 2.43. The average molecular weight is 481 g/mol. The fraction of sp³-hybridized carbons (Fsp3) is 0.0833. The first-order chi connectivity index (χ1) is 14.4. The van der Waals surface area contributed by atoms with E-state index in [-0.39, 0.29) is 17.1 Å². The molecule has 1 aliphatic rings. The summed E-state index contributed by atoms with van der Waals surface area (Å²) in [6.45, 7) is 1.96. The van der Waals surface area contributed by atoms with Gasteiger partial charge in [-0.15, -0.1) is 0 Å². The molecule has 1 unspecified atom stereocenters. The van der Waals surface area contributed by atoms with Gasteiger partial charge in [0, 0.05) is 15.2 Å². The molecule has 6 heteroatoms. The Balaban J connectivity index is 1.84. The van der Waals surface area contributed by atoms with Crippen LogP contribution in [-0.4, -0.2) is 5.91 Å². The van der Waals surface area contributed by atoms with Gasteiger partial charge >= 0.3 is 0 Å². The highest BCUT2D eigenvalue weighted by atomic mass is 79.9. The lowest BCUT2D eigenvalue weighted by atomic mass is 9.98. The standard InChI is InChI=1S/C24H15BrClNO3/c1-13-4-2-7-17(10-13)27-21(14-5-3-6-15(25)11-14)20-22(28)18-12-16(26)8-9-19(18)30-23(20)24(27)29/h2-12,21H,1H3. The molecular formula is C24H15BrClNO3. The molecule has 30 heavy (non-hydrogen) atoms. The first kappa shape index (κ1) is 19.1. The molecule has 0 radical (unpaired) electrons. The number of halogens is 2. The largest absolute Gasteiger partial charge is 0.450 e. The van der Waals surface area contributed by atoms with Crippen LogP contribution in [0.5, 0.6) is 0 Å². The molecule has 1 amide bonds. The summed E-state index contributed by atoms with van der Waals surface area (Å²) in [6.07, 6.45) is 0. The minimum Gasteiger partial charge on any atom is -0.450 e. The fourth-order valence-corrected chi connectivity index (χ4v) is 4.57. The van der Waals surface area contributed by atoms with Crippen LogP contribution in [0, 0.1) is 6.92 Å². The molecule has 2 heterocycles. The molecule has 1 aromatic heterocycles.